The van der Waals surface area contributed by atoms with Crippen LogP contribution in [-0.4, -0.2) is 46.8 Å². The zero-order valence-corrected chi connectivity index (χ0v) is 11.3. The van der Waals surface area contributed by atoms with E-state index in [0.717, 1.165) is 19.3 Å². The molecule has 1 aromatic heterocycles. The SMILES string of the molecule is Cn1nccc1S(=O)(=O)N(CCCO)C1CCC1. The summed E-state index contributed by atoms with van der Waals surface area (Å²) in [5.41, 5.74) is 0. The van der Waals surface area contributed by atoms with Gasteiger partial charge in [0.1, 0.15) is 0 Å². The highest BCUT2D eigenvalue weighted by Gasteiger charge is 2.35. The third-order valence-electron chi connectivity index (χ3n) is 3.37. The zero-order valence-electron chi connectivity index (χ0n) is 10.5. The van der Waals surface area contributed by atoms with E-state index in [9.17, 15) is 8.42 Å². The topological polar surface area (TPSA) is 75.4 Å². The number of hydrogen-bond acceptors (Lipinski definition) is 4. The van der Waals surface area contributed by atoms with Crippen LogP contribution in [0.3, 0.4) is 0 Å². The summed E-state index contributed by atoms with van der Waals surface area (Å²) in [5, 5.41) is 13.0. The predicted octanol–water partition coefficient (Wildman–Crippen LogP) is 0.346. The Morgan fingerprint density at radius 2 is 2.28 bits per heavy atom. The Bertz CT molecular complexity index is 493. The smallest absolute Gasteiger partial charge is 0.260 e. The molecule has 1 N–H and O–H groups in total. The first-order valence-electron chi connectivity index (χ1n) is 6.18. The summed E-state index contributed by atoms with van der Waals surface area (Å²) in [6.07, 6.45) is 4.83. The van der Waals surface area contributed by atoms with Crippen molar-refractivity contribution in [1.29, 1.82) is 0 Å². The summed E-state index contributed by atoms with van der Waals surface area (Å²) in [4.78, 5) is 0. The van der Waals surface area contributed by atoms with Crippen molar-refractivity contribution in [3.8, 4) is 0 Å². The van der Waals surface area contributed by atoms with E-state index >= 15 is 0 Å². The lowest BCUT2D eigenvalue weighted by Gasteiger charge is -2.36. The van der Waals surface area contributed by atoms with Crippen molar-refractivity contribution in [2.45, 2.75) is 36.8 Å². The van der Waals surface area contributed by atoms with Gasteiger partial charge in [0.2, 0.25) is 0 Å². The summed E-state index contributed by atoms with van der Waals surface area (Å²) in [5.74, 6) is 0. The molecule has 0 aromatic carbocycles. The Balaban J connectivity index is 2.26. The number of rotatable bonds is 6. The molecule has 1 saturated carbocycles. The van der Waals surface area contributed by atoms with Crippen LogP contribution in [-0.2, 0) is 17.1 Å². The van der Waals surface area contributed by atoms with Gasteiger partial charge in [0, 0.05) is 26.2 Å². The van der Waals surface area contributed by atoms with Gasteiger partial charge in [-0.1, -0.05) is 6.42 Å². The van der Waals surface area contributed by atoms with Gasteiger partial charge in [-0.15, -0.1) is 0 Å². The van der Waals surface area contributed by atoms with Crippen LogP contribution in [0.25, 0.3) is 0 Å². The van der Waals surface area contributed by atoms with Crippen molar-refractivity contribution in [2.75, 3.05) is 13.2 Å². The standard InChI is InChI=1S/C11H19N3O3S/c1-13-11(6-7-12-13)18(16,17)14(8-3-9-15)10-4-2-5-10/h6-7,10,15H,2-5,8-9H2,1H3. The quantitative estimate of drug-likeness (QED) is 0.811. The number of aliphatic hydroxyl groups is 1. The average molecular weight is 273 g/mol. The highest BCUT2D eigenvalue weighted by molar-refractivity contribution is 7.89. The molecule has 6 nitrogen and oxygen atoms in total. The highest BCUT2D eigenvalue weighted by atomic mass is 32.2. The third-order valence-corrected chi connectivity index (χ3v) is 5.39. The van der Waals surface area contributed by atoms with Gasteiger partial charge < -0.3 is 5.11 Å². The first kappa shape index (κ1) is 13.5. The molecular formula is C11H19N3O3S. The Morgan fingerprint density at radius 1 is 1.56 bits per heavy atom. The maximum Gasteiger partial charge on any atom is 0.260 e. The van der Waals surface area contributed by atoms with Gasteiger partial charge in [-0.2, -0.15) is 9.40 Å². The monoisotopic (exact) mass is 273 g/mol. The van der Waals surface area contributed by atoms with Gasteiger partial charge in [0.05, 0.1) is 6.20 Å². The lowest BCUT2D eigenvalue weighted by molar-refractivity contribution is 0.197. The molecule has 0 unspecified atom stereocenters. The number of hydrogen-bond donors (Lipinski definition) is 1. The largest absolute Gasteiger partial charge is 0.396 e. The third kappa shape index (κ3) is 2.43. The molecule has 0 atom stereocenters. The molecule has 102 valence electrons. The minimum Gasteiger partial charge on any atom is -0.396 e. The highest BCUT2D eigenvalue weighted by Crippen LogP contribution is 2.29. The fourth-order valence-electron chi connectivity index (χ4n) is 2.14. The molecule has 0 amide bonds. The summed E-state index contributed by atoms with van der Waals surface area (Å²) in [7, 11) is -1.88. The van der Waals surface area contributed by atoms with Gasteiger partial charge in [-0.05, 0) is 25.3 Å². The molecular weight excluding hydrogens is 254 g/mol. The van der Waals surface area contributed by atoms with E-state index in [1.54, 1.807) is 7.05 Å². The molecule has 0 bridgehead atoms. The van der Waals surface area contributed by atoms with Gasteiger partial charge in [0.25, 0.3) is 10.0 Å². The van der Waals surface area contributed by atoms with Crippen LogP contribution in [0.15, 0.2) is 17.3 Å². The van der Waals surface area contributed by atoms with E-state index in [-0.39, 0.29) is 17.7 Å². The van der Waals surface area contributed by atoms with Gasteiger partial charge in [-0.3, -0.25) is 4.68 Å². The van der Waals surface area contributed by atoms with Crippen LogP contribution in [0.2, 0.25) is 0 Å². The van der Waals surface area contributed by atoms with Crippen molar-refractivity contribution >= 4 is 10.0 Å². The van der Waals surface area contributed by atoms with Crippen LogP contribution in [0.1, 0.15) is 25.7 Å². The van der Waals surface area contributed by atoms with Gasteiger partial charge in [0.15, 0.2) is 5.03 Å². The molecule has 0 spiro atoms. The van der Waals surface area contributed by atoms with Crippen LogP contribution in [0.4, 0.5) is 0 Å². The van der Waals surface area contributed by atoms with E-state index in [1.807, 2.05) is 0 Å². The predicted molar refractivity (Wildman–Crippen MR) is 66.4 cm³/mol. The molecule has 0 radical (unpaired) electrons. The van der Waals surface area contributed by atoms with E-state index in [1.165, 1.54) is 21.3 Å². The molecule has 18 heavy (non-hydrogen) atoms. The lowest BCUT2D eigenvalue weighted by atomic mass is 9.93. The molecule has 2 rings (SSSR count). The lowest BCUT2D eigenvalue weighted by Crippen LogP contribution is -2.45. The fraction of sp³-hybridized carbons (Fsp3) is 0.727. The van der Waals surface area contributed by atoms with Crippen LogP contribution < -0.4 is 0 Å². The zero-order chi connectivity index (χ0) is 13.2. The summed E-state index contributed by atoms with van der Waals surface area (Å²) in [6.45, 7) is 0.374. The van der Waals surface area contributed by atoms with Crippen molar-refractivity contribution in [3.63, 3.8) is 0 Å². The minimum atomic E-state index is -3.50. The second-order valence-electron chi connectivity index (χ2n) is 4.57. The second-order valence-corrected chi connectivity index (χ2v) is 6.41. The molecule has 7 heteroatoms. The van der Waals surface area contributed by atoms with Gasteiger partial charge in [-0.25, -0.2) is 8.42 Å². The Hall–Kier alpha value is -0.920. The fourth-order valence-corrected chi connectivity index (χ4v) is 3.96. The molecule has 1 heterocycles. The van der Waals surface area contributed by atoms with Crippen molar-refractivity contribution in [1.82, 2.24) is 14.1 Å². The second kappa shape index (κ2) is 5.38. The number of sulfonamides is 1. The van der Waals surface area contributed by atoms with Crippen LogP contribution >= 0.6 is 0 Å². The average Bonchev–Trinajstić information content (AvgIpc) is 2.68. The van der Waals surface area contributed by atoms with Crippen molar-refractivity contribution in [3.05, 3.63) is 12.3 Å². The van der Waals surface area contributed by atoms with Crippen LogP contribution in [0.5, 0.6) is 0 Å². The molecule has 0 aliphatic heterocycles. The van der Waals surface area contributed by atoms with Crippen LogP contribution in [0, 0.1) is 0 Å². The summed E-state index contributed by atoms with van der Waals surface area (Å²) in [6, 6.07) is 1.59. The Morgan fingerprint density at radius 3 is 2.72 bits per heavy atom. The van der Waals surface area contributed by atoms with Gasteiger partial charge >= 0.3 is 0 Å². The molecule has 1 aliphatic carbocycles. The van der Waals surface area contributed by atoms with E-state index < -0.39 is 10.0 Å². The maximum atomic E-state index is 12.5. The number of aliphatic hydroxyl groups excluding tert-OH is 1. The molecule has 0 saturated heterocycles. The maximum absolute atomic E-state index is 12.5. The van der Waals surface area contributed by atoms with E-state index in [4.69, 9.17) is 5.11 Å². The Kier molecular flexibility index (Phi) is 4.04. The summed E-state index contributed by atoms with van der Waals surface area (Å²) >= 11 is 0. The molecule has 1 aromatic rings. The normalized spacial score (nSPS) is 17.1. The van der Waals surface area contributed by atoms with Crippen molar-refractivity contribution in [2.24, 2.45) is 7.05 Å². The number of aryl methyl sites for hydroxylation is 1. The first-order valence-corrected chi connectivity index (χ1v) is 7.62. The van der Waals surface area contributed by atoms with Crippen molar-refractivity contribution < 1.29 is 13.5 Å². The Labute approximate surface area is 107 Å². The number of aromatic nitrogens is 2. The van der Waals surface area contributed by atoms with E-state index in [2.05, 4.69) is 5.10 Å². The first-order chi connectivity index (χ1) is 8.57. The number of nitrogens with zero attached hydrogens (tertiary/aromatic N) is 3. The summed E-state index contributed by atoms with van der Waals surface area (Å²) < 4.78 is 28.0. The molecule has 1 aliphatic rings. The minimum absolute atomic E-state index is 0.00409. The molecule has 1 fully saturated rings. The van der Waals surface area contributed by atoms with E-state index in [0.29, 0.717) is 13.0 Å².